The van der Waals surface area contributed by atoms with Crippen molar-refractivity contribution in [1.82, 2.24) is 30.1 Å². The predicted octanol–water partition coefficient (Wildman–Crippen LogP) is 7.21. The Kier molecular flexibility index (Phi) is 10.5. The van der Waals surface area contributed by atoms with Crippen LogP contribution in [0.2, 0.25) is 0 Å². The Morgan fingerprint density at radius 3 is 2.61 bits per heavy atom. The number of likely N-dealkylation sites (tertiary alicyclic amines) is 1. The minimum Gasteiger partial charge on any atom is -0.461 e. The van der Waals surface area contributed by atoms with Crippen LogP contribution < -0.4 is 19.7 Å². The maximum Gasteiger partial charge on any atom is 0.419 e. The first-order chi connectivity index (χ1) is 29.5. The summed E-state index contributed by atoms with van der Waals surface area (Å²) in [5, 5.41) is 3.24. The number of aryl methyl sites for hydroxylation is 1. The Morgan fingerprint density at radius 1 is 1.03 bits per heavy atom. The number of halogens is 7. The monoisotopic (exact) mass is 875 g/mol. The first kappa shape index (κ1) is 42.1. The number of alkyl halides is 5. The van der Waals surface area contributed by atoms with Gasteiger partial charge in [0, 0.05) is 57.8 Å². The fourth-order valence-corrected chi connectivity index (χ4v) is 10.0. The average molecular weight is 876 g/mol. The van der Waals surface area contributed by atoms with E-state index in [1.54, 1.807) is 6.92 Å². The van der Waals surface area contributed by atoms with Gasteiger partial charge in [-0.25, -0.2) is 27.2 Å². The quantitative estimate of drug-likeness (QED) is 0.204. The summed E-state index contributed by atoms with van der Waals surface area (Å²) in [6.07, 6.45) is -6.81. The highest BCUT2D eigenvalue weighted by Crippen LogP contribution is 2.44. The smallest absolute Gasteiger partial charge is 0.419 e. The Bertz CT molecular complexity index is 2450. The highest BCUT2D eigenvalue weighted by molar-refractivity contribution is 6.02. The van der Waals surface area contributed by atoms with E-state index in [0.29, 0.717) is 13.0 Å². The van der Waals surface area contributed by atoms with Gasteiger partial charge in [0.25, 0.3) is 0 Å². The molecule has 0 saturated carbocycles. The van der Waals surface area contributed by atoms with E-state index in [1.807, 2.05) is 4.90 Å². The molecular formula is C42H44F7N7O6. The number of hydrogen-bond acceptors (Lipinski definition) is 11. The summed E-state index contributed by atoms with van der Waals surface area (Å²) in [6, 6.07) is 4.87. The first-order valence-corrected chi connectivity index (χ1v) is 20.6. The van der Waals surface area contributed by atoms with E-state index in [0.717, 1.165) is 24.5 Å². The topological polar surface area (TPSA) is 131 Å². The summed E-state index contributed by atoms with van der Waals surface area (Å²) in [5.41, 5.74) is -5.05. The van der Waals surface area contributed by atoms with E-state index >= 15 is 13.2 Å². The molecule has 0 unspecified atom stereocenters. The maximum atomic E-state index is 17.6. The minimum atomic E-state index is -4.78. The molecule has 10 rings (SSSR count). The summed E-state index contributed by atoms with van der Waals surface area (Å²) < 4.78 is 128. The number of piperidine rings is 1. The number of anilines is 1. The highest BCUT2D eigenvalue weighted by Gasteiger charge is 2.60. The molecular weight excluding hydrogens is 831 g/mol. The number of amides is 2. The van der Waals surface area contributed by atoms with Crippen molar-refractivity contribution < 1.29 is 59.3 Å². The van der Waals surface area contributed by atoms with Gasteiger partial charge in [0.1, 0.15) is 47.5 Å². The lowest BCUT2D eigenvalue weighted by atomic mass is 9.90. The number of nitrogens with one attached hydrogen (secondary N) is 1. The van der Waals surface area contributed by atoms with Crippen LogP contribution in [0, 0.1) is 11.6 Å². The van der Waals surface area contributed by atoms with Crippen LogP contribution >= 0.6 is 0 Å². The molecule has 62 heavy (non-hydrogen) atoms. The number of pyridine rings is 1. The molecule has 2 aromatic carbocycles. The van der Waals surface area contributed by atoms with Crippen LogP contribution in [0.4, 0.5) is 46.1 Å². The third kappa shape index (κ3) is 7.45. The summed E-state index contributed by atoms with van der Waals surface area (Å²) in [7, 11) is 0.914. The second-order valence-corrected chi connectivity index (χ2v) is 17.3. The van der Waals surface area contributed by atoms with Gasteiger partial charge in [-0.3, -0.25) is 9.88 Å². The van der Waals surface area contributed by atoms with Crippen molar-refractivity contribution >= 4 is 39.7 Å². The van der Waals surface area contributed by atoms with Crippen molar-refractivity contribution in [3.8, 4) is 23.0 Å². The Hall–Kier alpha value is -5.24. The molecule has 5 atom stereocenters. The Morgan fingerprint density at radius 2 is 1.84 bits per heavy atom. The van der Waals surface area contributed by atoms with Crippen molar-refractivity contribution in [3.63, 3.8) is 0 Å². The molecule has 6 aliphatic rings. The van der Waals surface area contributed by atoms with Crippen molar-refractivity contribution in [2.24, 2.45) is 0 Å². The lowest BCUT2D eigenvalue weighted by molar-refractivity contribution is -0.263. The van der Waals surface area contributed by atoms with Crippen molar-refractivity contribution in [1.29, 1.82) is 0 Å². The van der Waals surface area contributed by atoms with E-state index in [9.17, 15) is 27.2 Å². The van der Waals surface area contributed by atoms with Crippen LogP contribution in [0.15, 0.2) is 30.5 Å². The number of methoxy groups -OCH3 is 1. The van der Waals surface area contributed by atoms with Gasteiger partial charge in [0.15, 0.2) is 11.4 Å². The SMILES string of the molecule is CO[C@@]1(C(F)(F)F)CCN(C(=O)Oc2cc3c4c(c(F)ccc4c2)CCCOC(=O)N[C@]2(C)C[C@@H](F)CN(C2)c2nc(OC[C@@]45CCCN4C[C@H](F)C5)nc4c(F)c-3ncc24)C1. The van der Waals surface area contributed by atoms with Gasteiger partial charge in [-0.2, -0.15) is 23.1 Å². The fourth-order valence-electron chi connectivity index (χ4n) is 10.0. The number of carbonyl (C=O) groups excluding carboxylic acids is 2. The molecule has 8 heterocycles. The van der Waals surface area contributed by atoms with Crippen LogP contribution in [0.3, 0.4) is 0 Å². The maximum absolute atomic E-state index is 17.6. The summed E-state index contributed by atoms with van der Waals surface area (Å²) in [4.78, 5) is 44.6. The van der Waals surface area contributed by atoms with Crippen LogP contribution in [0.25, 0.3) is 32.9 Å². The molecule has 2 aromatic heterocycles. The summed E-state index contributed by atoms with van der Waals surface area (Å²) in [5.74, 6) is -1.87. The lowest BCUT2D eigenvalue weighted by Gasteiger charge is -2.42. The lowest BCUT2D eigenvalue weighted by Crippen LogP contribution is -2.60. The van der Waals surface area contributed by atoms with E-state index in [4.69, 9.17) is 18.9 Å². The number of alkyl carbamates (subject to hydrolysis) is 1. The molecule has 1 N–H and O–H groups in total. The molecule has 0 spiro atoms. The molecule has 4 saturated heterocycles. The molecule has 4 fully saturated rings. The molecule has 0 radical (unpaired) electrons. The molecule has 20 heteroatoms. The number of hydrogen-bond donors (Lipinski definition) is 1. The van der Waals surface area contributed by atoms with Gasteiger partial charge in [-0.05, 0) is 73.7 Å². The standard InChI is InChI=1S/C42H44F7N7O6/c1-39-15-24(43)18-55(20-39)35-29-17-50-33(32(46)34(29)51-36(52-35)61-22-40-8-4-10-56(40)19-25(44)16-40)28-14-26(62-38(58)54-11-9-41(21-54,59-2)42(47,48)49)13-23-6-7-30(45)27(31(23)28)5-3-12-60-37(57)53-39/h6-7,13-14,17,24-25H,3-5,8-12,15-16,18-22H2,1-2H3,(H,53,57)/t24-,25-,39-,40+,41+/m1/s1. The molecule has 332 valence electrons. The van der Waals surface area contributed by atoms with E-state index < -0.39 is 72.0 Å². The fraction of sp³-hybridized carbons (Fsp3) is 0.548. The molecule has 6 aliphatic heterocycles. The van der Waals surface area contributed by atoms with Crippen LogP contribution in [0.1, 0.15) is 51.0 Å². The number of fused-ring (bicyclic) bond motifs is 7. The second kappa shape index (κ2) is 15.5. The average Bonchev–Trinajstić information content (AvgIpc) is 3.91. The van der Waals surface area contributed by atoms with Gasteiger partial charge in [-0.15, -0.1) is 0 Å². The van der Waals surface area contributed by atoms with Crippen LogP contribution in [0.5, 0.6) is 11.8 Å². The van der Waals surface area contributed by atoms with Crippen LogP contribution in [-0.4, -0.2) is 132 Å². The van der Waals surface area contributed by atoms with Crippen molar-refractivity contribution in [2.75, 3.05) is 64.5 Å². The summed E-state index contributed by atoms with van der Waals surface area (Å²) in [6.45, 7) is 1.04. The van der Waals surface area contributed by atoms with Crippen molar-refractivity contribution in [2.45, 2.75) is 87.1 Å². The van der Waals surface area contributed by atoms with Crippen LogP contribution in [-0.2, 0) is 15.9 Å². The zero-order chi connectivity index (χ0) is 43.8. The minimum absolute atomic E-state index is 0.00880. The number of aromatic nitrogens is 3. The van der Waals surface area contributed by atoms with Gasteiger partial charge >= 0.3 is 24.4 Å². The molecule has 4 aromatic rings. The first-order valence-electron chi connectivity index (χ1n) is 20.6. The van der Waals surface area contributed by atoms with Gasteiger partial charge in [0.2, 0.25) is 0 Å². The molecule has 6 bridgehead atoms. The number of nitrogens with zero attached hydrogens (tertiary/aromatic N) is 6. The third-order valence-corrected chi connectivity index (χ3v) is 13.0. The predicted molar refractivity (Wildman–Crippen MR) is 210 cm³/mol. The van der Waals surface area contributed by atoms with Gasteiger partial charge in [-0.1, -0.05) is 6.07 Å². The van der Waals surface area contributed by atoms with E-state index in [2.05, 4.69) is 20.3 Å². The Balaban J connectivity index is 1.19. The van der Waals surface area contributed by atoms with Gasteiger partial charge in [0.05, 0.1) is 36.2 Å². The number of carbonyl (C=O) groups is 2. The molecule has 2 amide bonds. The van der Waals surface area contributed by atoms with Gasteiger partial charge < -0.3 is 34.1 Å². The van der Waals surface area contributed by atoms with Crippen molar-refractivity contribution in [3.05, 3.63) is 47.7 Å². The normalized spacial score (nSPS) is 28.0. The molecule has 13 nitrogen and oxygen atoms in total. The second-order valence-electron chi connectivity index (χ2n) is 17.3. The Labute approximate surface area is 350 Å². The zero-order valence-electron chi connectivity index (χ0n) is 33.9. The number of ether oxygens (including phenoxy) is 4. The highest BCUT2D eigenvalue weighted by atomic mass is 19.4. The zero-order valence-corrected chi connectivity index (χ0v) is 33.9. The van der Waals surface area contributed by atoms with E-state index in [1.165, 1.54) is 29.3 Å². The summed E-state index contributed by atoms with van der Waals surface area (Å²) >= 11 is 0. The number of benzene rings is 2. The third-order valence-electron chi connectivity index (χ3n) is 13.0. The molecule has 0 aliphatic carbocycles. The largest absolute Gasteiger partial charge is 0.461 e. The van der Waals surface area contributed by atoms with E-state index in [-0.39, 0.29) is 121 Å². The number of rotatable bonds is 5.